The number of rotatable bonds is 44. The SMILES string of the molecule is CNCCCC(NC(=O)C(NC(=O)C(CCC(=O)O)NC(=O)CCOCCOCCOCCNC(=O)CCOCCOCCOCCNC(=O)C(N)CCCCN)C(C)C)C(=O)C(C)C. The first-order chi connectivity index (χ1) is 31.1. The van der Waals surface area contributed by atoms with Crippen LogP contribution in [0.5, 0.6) is 0 Å². The molecule has 0 aliphatic carbocycles. The van der Waals surface area contributed by atoms with Gasteiger partial charge in [-0.25, -0.2) is 0 Å². The van der Waals surface area contributed by atoms with E-state index < -0.39 is 54.3 Å². The lowest BCUT2D eigenvalue weighted by Crippen LogP contribution is -2.57. The molecule has 22 heteroatoms. The Labute approximate surface area is 385 Å². The Bertz CT molecular complexity index is 1330. The van der Waals surface area contributed by atoms with Crippen LogP contribution in [0.3, 0.4) is 0 Å². The van der Waals surface area contributed by atoms with E-state index in [1.54, 1.807) is 34.7 Å². The molecule has 0 aliphatic rings. The zero-order chi connectivity index (χ0) is 48.7. The number of carbonyl (C=O) groups excluding carboxylic acids is 6. The summed E-state index contributed by atoms with van der Waals surface area (Å²) in [6.07, 6.45) is 2.81. The van der Waals surface area contributed by atoms with Gasteiger partial charge in [-0.2, -0.15) is 0 Å². The number of Topliss-reactive ketones (excluding diaryl/α,β-unsaturated/α-hetero) is 1. The van der Waals surface area contributed by atoms with Crippen LogP contribution in [0, 0.1) is 11.8 Å². The number of hydrogen-bond donors (Lipinski definition) is 9. The standard InChI is InChI=1S/C43H82N8O14/c1-31(2)39(43(59)50-34(10-8-16-46-5)40(56)32(3)4)51-42(58)35(11-12-38(54)55)49-37(53)14-20-61-24-28-65-29-25-62-21-17-47-36(52)13-19-60-23-27-64-30-26-63-22-18-48-41(57)33(45)9-6-7-15-44/h31-35,39,46H,6-30,44-45H2,1-5H3,(H,47,52)(H,48,57)(H,49,53)(H,50,59)(H,51,58)(H,54,55). The summed E-state index contributed by atoms with van der Waals surface area (Å²) in [6.45, 7) is 12.2. The molecule has 0 radical (unpaired) electrons. The first-order valence-electron chi connectivity index (χ1n) is 22.9. The average molecular weight is 935 g/mol. The Kier molecular flexibility index (Phi) is 38.0. The minimum atomic E-state index is -1.22. The van der Waals surface area contributed by atoms with Crippen molar-refractivity contribution in [2.75, 3.05) is 113 Å². The van der Waals surface area contributed by atoms with E-state index in [0.29, 0.717) is 91.7 Å². The predicted octanol–water partition coefficient (Wildman–Crippen LogP) is -1.25. The molecule has 0 heterocycles. The molecule has 22 nitrogen and oxygen atoms in total. The second-order valence-electron chi connectivity index (χ2n) is 15.9. The molecule has 4 unspecified atom stereocenters. The summed E-state index contributed by atoms with van der Waals surface area (Å²) in [4.78, 5) is 87.4. The fraction of sp³-hybridized carbons (Fsp3) is 0.837. The summed E-state index contributed by atoms with van der Waals surface area (Å²) in [5.74, 6) is -4.15. The Hall–Kier alpha value is -3.87. The van der Waals surface area contributed by atoms with Gasteiger partial charge in [-0.1, -0.05) is 34.1 Å². The van der Waals surface area contributed by atoms with Crippen molar-refractivity contribution in [3.8, 4) is 0 Å². The molecule has 0 saturated carbocycles. The molecule has 0 fully saturated rings. The monoisotopic (exact) mass is 935 g/mol. The van der Waals surface area contributed by atoms with Crippen molar-refractivity contribution in [1.29, 1.82) is 0 Å². The fourth-order valence-electron chi connectivity index (χ4n) is 5.81. The third kappa shape index (κ3) is 34.2. The van der Waals surface area contributed by atoms with E-state index >= 15 is 0 Å². The first-order valence-corrected chi connectivity index (χ1v) is 22.9. The van der Waals surface area contributed by atoms with E-state index in [1.807, 2.05) is 0 Å². The number of ketones is 1. The number of unbranched alkanes of at least 4 members (excludes halogenated alkanes) is 1. The van der Waals surface area contributed by atoms with Crippen LogP contribution < -0.4 is 43.4 Å². The van der Waals surface area contributed by atoms with Crippen LogP contribution in [0.4, 0.5) is 0 Å². The molecule has 0 spiro atoms. The highest BCUT2D eigenvalue weighted by Gasteiger charge is 2.32. The number of nitrogens with two attached hydrogens (primary N) is 2. The summed E-state index contributed by atoms with van der Waals surface area (Å²) in [5.41, 5.74) is 11.3. The maximum Gasteiger partial charge on any atom is 0.303 e. The van der Waals surface area contributed by atoms with Gasteiger partial charge in [-0.3, -0.25) is 33.6 Å². The Morgan fingerprint density at radius 3 is 1.55 bits per heavy atom. The van der Waals surface area contributed by atoms with Gasteiger partial charge in [-0.05, 0) is 58.2 Å². The quantitative estimate of drug-likeness (QED) is 0.0323. The van der Waals surface area contributed by atoms with Crippen LogP contribution in [0.2, 0.25) is 0 Å². The molecule has 0 aromatic carbocycles. The Morgan fingerprint density at radius 1 is 0.523 bits per heavy atom. The van der Waals surface area contributed by atoms with Gasteiger partial charge in [0.25, 0.3) is 0 Å². The third-order valence-corrected chi connectivity index (χ3v) is 9.55. The van der Waals surface area contributed by atoms with E-state index in [0.717, 1.165) is 12.8 Å². The zero-order valence-electron chi connectivity index (χ0n) is 39.6. The third-order valence-electron chi connectivity index (χ3n) is 9.55. The van der Waals surface area contributed by atoms with Gasteiger partial charge in [0.15, 0.2) is 5.78 Å². The van der Waals surface area contributed by atoms with E-state index in [4.69, 9.17) is 39.9 Å². The molecule has 5 amide bonds. The summed E-state index contributed by atoms with van der Waals surface area (Å²) in [6, 6.07) is -3.54. The van der Waals surface area contributed by atoms with Crippen LogP contribution in [-0.2, 0) is 62.0 Å². The van der Waals surface area contributed by atoms with Gasteiger partial charge in [0.05, 0.1) is 91.4 Å². The number of hydrogen-bond acceptors (Lipinski definition) is 16. The smallest absolute Gasteiger partial charge is 0.303 e. The molecule has 378 valence electrons. The maximum absolute atomic E-state index is 13.3. The van der Waals surface area contributed by atoms with E-state index in [2.05, 4.69) is 31.9 Å². The van der Waals surface area contributed by atoms with Crippen molar-refractivity contribution < 1.29 is 67.1 Å². The van der Waals surface area contributed by atoms with Crippen LogP contribution in [0.15, 0.2) is 0 Å². The molecule has 0 rings (SSSR count). The van der Waals surface area contributed by atoms with Crippen molar-refractivity contribution >= 4 is 41.3 Å². The number of carbonyl (C=O) groups is 7. The van der Waals surface area contributed by atoms with Crippen molar-refractivity contribution in [2.24, 2.45) is 23.3 Å². The number of carboxylic acid groups (broad SMARTS) is 1. The number of carboxylic acids is 1. The van der Waals surface area contributed by atoms with Crippen LogP contribution >= 0.6 is 0 Å². The van der Waals surface area contributed by atoms with E-state index in [1.165, 1.54) is 0 Å². The molecular weight excluding hydrogens is 853 g/mol. The minimum absolute atomic E-state index is 0.0146. The molecule has 0 aromatic heterocycles. The average Bonchev–Trinajstić information content (AvgIpc) is 3.26. The Balaban J connectivity index is 4.15. The number of aliphatic carboxylic acids is 1. The number of amides is 5. The number of nitrogens with one attached hydrogen (secondary N) is 6. The van der Waals surface area contributed by atoms with Gasteiger partial charge in [0.1, 0.15) is 12.1 Å². The molecular formula is C43H82N8O14. The lowest BCUT2D eigenvalue weighted by atomic mass is 9.96. The topological polar surface area (TPSA) is 319 Å². The van der Waals surface area contributed by atoms with Gasteiger partial charge in [-0.15, -0.1) is 0 Å². The van der Waals surface area contributed by atoms with Crippen molar-refractivity contribution in [1.82, 2.24) is 31.9 Å². The molecule has 0 saturated heterocycles. The highest BCUT2D eigenvalue weighted by atomic mass is 16.5. The maximum atomic E-state index is 13.3. The van der Waals surface area contributed by atoms with Crippen molar-refractivity contribution in [2.45, 2.75) is 110 Å². The molecule has 65 heavy (non-hydrogen) atoms. The van der Waals surface area contributed by atoms with E-state index in [9.17, 15) is 38.7 Å². The molecule has 0 aromatic rings. The van der Waals surface area contributed by atoms with Gasteiger partial charge in [0.2, 0.25) is 29.5 Å². The summed E-state index contributed by atoms with van der Waals surface area (Å²) in [7, 11) is 1.79. The fourth-order valence-corrected chi connectivity index (χ4v) is 5.81. The zero-order valence-corrected chi connectivity index (χ0v) is 39.6. The molecule has 4 atom stereocenters. The largest absolute Gasteiger partial charge is 0.481 e. The second kappa shape index (κ2) is 40.4. The lowest BCUT2D eigenvalue weighted by Gasteiger charge is -2.27. The summed E-state index contributed by atoms with van der Waals surface area (Å²) in [5, 5.41) is 25.7. The Morgan fingerprint density at radius 2 is 1.05 bits per heavy atom. The highest BCUT2D eigenvalue weighted by Crippen LogP contribution is 2.10. The van der Waals surface area contributed by atoms with Crippen LogP contribution in [0.1, 0.15) is 85.5 Å². The van der Waals surface area contributed by atoms with Gasteiger partial charge in [0, 0.05) is 38.3 Å². The highest BCUT2D eigenvalue weighted by molar-refractivity contribution is 5.95. The second-order valence-corrected chi connectivity index (χ2v) is 15.9. The van der Waals surface area contributed by atoms with Crippen molar-refractivity contribution in [3.63, 3.8) is 0 Å². The molecule has 11 N–H and O–H groups in total. The first kappa shape index (κ1) is 61.1. The summed E-state index contributed by atoms with van der Waals surface area (Å²) >= 11 is 0. The minimum Gasteiger partial charge on any atom is -0.481 e. The van der Waals surface area contributed by atoms with E-state index in [-0.39, 0.29) is 81.7 Å². The number of ether oxygens (including phenoxy) is 6. The van der Waals surface area contributed by atoms with Gasteiger partial charge < -0.3 is 76.9 Å². The molecule has 0 aliphatic heterocycles. The normalized spacial score (nSPS) is 13.2. The molecule has 0 bridgehead atoms. The van der Waals surface area contributed by atoms with Crippen LogP contribution in [0.25, 0.3) is 0 Å². The van der Waals surface area contributed by atoms with Crippen molar-refractivity contribution in [3.05, 3.63) is 0 Å². The van der Waals surface area contributed by atoms with Gasteiger partial charge >= 0.3 is 5.97 Å². The predicted molar refractivity (Wildman–Crippen MR) is 242 cm³/mol. The van der Waals surface area contributed by atoms with Crippen LogP contribution in [-0.4, -0.2) is 183 Å². The summed E-state index contributed by atoms with van der Waals surface area (Å²) < 4.78 is 32.7. The lowest BCUT2D eigenvalue weighted by molar-refractivity contribution is -0.138.